The van der Waals surface area contributed by atoms with Gasteiger partial charge in [-0.2, -0.15) is 9.65 Å². The summed E-state index contributed by atoms with van der Waals surface area (Å²) in [6.07, 6.45) is 4.44. The highest BCUT2D eigenvalue weighted by atomic mass is 35.5. The number of aromatic nitrogens is 3. The van der Waals surface area contributed by atoms with Crippen LogP contribution in [0.3, 0.4) is 0 Å². The number of anilines is 1. The van der Waals surface area contributed by atoms with Gasteiger partial charge in [0.05, 0.1) is 39.8 Å². The summed E-state index contributed by atoms with van der Waals surface area (Å²) in [7, 11) is 0. The Balaban J connectivity index is 1.54. The number of pyridine rings is 1. The summed E-state index contributed by atoms with van der Waals surface area (Å²) in [5, 5.41) is 15.0. The standard InChI is InChI=1S/C29H21ClFN5O2S/c1-3-5-24(37)22-15-39-27-19(9-10-33-26(22)27)20-12-18(30)8-7-17(20)6-4-11-36-16(2)35-23-14-34-28(31)21(13-32)25(23)29(36)38/h7-9,12,14-15,33H,3,5,10-11H2,1-2H3. The average Bonchev–Trinajstić information content (AvgIpc) is 3.36. The zero-order valence-corrected chi connectivity index (χ0v) is 22.6. The molecule has 1 N–H and O–H groups in total. The van der Waals surface area contributed by atoms with Crippen molar-refractivity contribution in [2.45, 2.75) is 33.2 Å². The van der Waals surface area contributed by atoms with Crippen molar-refractivity contribution >= 4 is 50.9 Å². The van der Waals surface area contributed by atoms with Gasteiger partial charge in [-0.05, 0) is 31.5 Å². The second-order valence-corrected chi connectivity index (χ2v) is 10.2. The number of carbonyl (C=O) groups is 1. The molecule has 10 heteroatoms. The molecule has 1 aliphatic rings. The number of ketones is 1. The Morgan fingerprint density at radius 3 is 2.95 bits per heavy atom. The Kier molecular flexibility index (Phi) is 7.30. The Morgan fingerprint density at radius 2 is 2.18 bits per heavy atom. The zero-order valence-electron chi connectivity index (χ0n) is 21.1. The van der Waals surface area contributed by atoms with Crippen molar-refractivity contribution in [3.8, 4) is 17.9 Å². The molecule has 0 saturated heterocycles. The van der Waals surface area contributed by atoms with Crippen LogP contribution in [0.2, 0.25) is 5.02 Å². The van der Waals surface area contributed by atoms with Gasteiger partial charge in [-0.3, -0.25) is 14.2 Å². The van der Waals surface area contributed by atoms with Crippen LogP contribution in [-0.4, -0.2) is 26.9 Å². The number of halogens is 2. The Hall–Kier alpha value is -4.31. The topological polar surface area (TPSA) is 101 Å². The van der Waals surface area contributed by atoms with E-state index in [-0.39, 0.29) is 23.2 Å². The quantitative estimate of drug-likeness (QED) is 0.191. The molecule has 0 unspecified atom stereocenters. The fourth-order valence-electron chi connectivity index (χ4n) is 4.53. The molecule has 39 heavy (non-hydrogen) atoms. The monoisotopic (exact) mass is 557 g/mol. The number of Topliss-reactive ketones (excluding diaryl/α,β-unsaturated/α-hetero) is 1. The molecule has 7 nitrogen and oxygen atoms in total. The van der Waals surface area contributed by atoms with E-state index in [1.807, 2.05) is 30.5 Å². The minimum absolute atomic E-state index is 0.0228. The van der Waals surface area contributed by atoms with E-state index in [0.717, 1.165) is 34.3 Å². The summed E-state index contributed by atoms with van der Waals surface area (Å²) < 4.78 is 15.4. The number of rotatable bonds is 5. The number of fused-ring (bicyclic) bond motifs is 2. The zero-order chi connectivity index (χ0) is 27.7. The maximum atomic E-state index is 14.1. The van der Waals surface area contributed by atoms with Gasteiger partial charge in [-0.25, -0.2) is 9.97 Å². The first-order valence-electron chi connectivity index (χ1n) is 12.2. The molecular formula is C29H21ClFN5O2S. The Labute approximate surface area is 232 Å². The van der Waals surface area contributed by atoms with Crippen molar-refractivity contribution in [3.05, 3.63) is 90.1 Å². The van der Waals surface area contributed by atoms with E-state index < -0.39 is 17.1 Å². The maximum absolute atomic E-state index is 14.1. The number of aryl methyl sites for hydroxylation is 1. The van der Waals surface area contributed by atoms with Gasteiger partial charge in [0.25, 0.3) is 5.56 Å². The van der Waals surface area contributed by atoms with E-state index in [1.165, 1.54) is 15.9 Å². The second-order valence-electron chi connectivity index (χ2n) is 8.86. The fourth-order valence-corrected chi connectivity index (χ4v) is 5.80. The van der Waals surface area contributed by atoms with Gasteiger partial charge >= 0.3 is 0 Å². The largest absolute Gasteiger partial charge is 0.380 e. The third-order valence-corrected chi connectivity index (χ3v) is 7.63. The van der Waals surface area contributed by atoms with Crippen molar-refractivity contribution in [1.82, 2.24) is 14.5 Å². The van der Waals surface area contributed by atoms with Crippen molar-refractivity contribution in [1.29, 1.82) is 5.26 Å². The van der Waals surface area contributed by atoms with Crippen LogP contribution in [-0.2, 0) is 6.54 Å². The van der Waals surface area contributed by atoms with Crippen LogP contribution in [0.4, 0.5) is 10.1 Å². The number of hydrogen-bond acceptors (Lipinski definition) is 7. The predicted octanol–water partition coefficient (Wildman–Crippen LogP) is 5.72. The van der Waals surface area contributed by atoms with Gasteiger partial charge in [-0.15, -0.1) is 11.3 Å². The van der Waals surface area contributed by atoms with Gasteiger partial charge in [0.1, 0.15) is 17.5 Å². The molecule has 0 spiro atoms. The fraction of sp³-hybridized carbons (Fsp3) is 0.207. The van der Waals surface area contributed by atoms with Crippen LogP contribution >= 0.6 is 22.9 Å². The van der Waals surface area contributed by atoms with Gasteiger partial charge in [-0.1, -0.05) is 36.4 Å². The summed E-state index contributed by atoms with van der Waals surface area (Å²) in [6.45, 7) is 4.15. The first-order valence-corrected chi connectivity index (χ1v) is 13.4. The van der Waals surface area contributed by atoms with Crippen LogP contribution in [0.15, 0.2) is 40.6 Å². The second kappa shape index (κ2) is 10.8. The van der Waals surface area contributed by atoms with Crippen molar-refractivity contribution < 1.29 is 9.18 Å². The summed E-state index contributed by atoms with van der Waals surface area (Å²) >= 11 is 7.87. The smallest absolute Gasteiger partial charge is 0.263 e. The Bertz CT molecular complexity index is 1860. The molecule has 0 amide bonds. The molecule has 4 aromatic rings. The van der Waals surface area contributed by atoms with Crippen molar-refractivity contribution in [2.24, 2.45) is 0 Å². The van der Waals surface area contributed by atoms with Crippen LogP contribution < -0.4 is 10.9 Å². The molecule has 0 radical (unpaired) electrons. The highest BCUT2D eigenvalue weighted by Gasteiger charge is 2.24. The number of nitrogens with one attached hydrogen (secondary N) is 1. The molecule has 0 fully saturated rings. The van der Waals surface area contributed by atoms with Crippen LogP contribution in [0.1, 0.15) is 57.5 Å². The number of nitriles is 1. The first-order chi connectivity index (χ1) is 18.8. The normalized spacial score (nSPS) is 12.1. The lowest BCUT2D eigenvalue weighted by Crippen LogP contribution is -2.24. The number of carbonyl (C=O) groups excluding carboxylic acids is 1. The summed E-state index contributed by atoms with van der Waals surface area (Å²) in [6, 6.07) is 7.10. The van der Waals surface area contributed by atoms with E-state index in [0.29, 0.717) is 34.9 Å². The molecule has 3 aromatic heterocycles. The molecule has 0 bridgehead atoms. The van der Waals surface area contributed by atoms with Crippen LogP contribution in [0.5, 0.6) is 0 Å². The highest BCUT2D eigenvalue weighted by Crippen LogP contribution is 2.41. The average molecular weight is 558 g/mol. The maximum Gasteiger partial charge on any atom is 0.263 e. The third kappa shape index (κ3) is 4.83. The number of hydrogen-bond donors (Lipinski definition) is 1. The number of benzene rings is 1. The summed E-state index contributed by atoms with van der Waals surface area (Å²) in [5.74, 6) is 5.62. The summed E-state index contributed by atoms with van der Waals surface area (Å²) in [4.78, 5) is 34.6. The molecular weight excluding hydrogens is 537 g/mol. The predicted molar refractivity (Wildman–Crippen MR) is 151 cm³/mol. The van der Waals surface area contributed by atoms with Gasteiger partial charge < -0.3 is 5.32 Å². The molecule has 1 aromatic carbocycles. The van der Waals surface area contributed by atoms with E-state index >= 15 is 0 Å². The lowest BCUT2D eigenvalue weighted by molar-refractivity contribution is 0.0983. The third-order valence-electron chi connectivity index (χ3n) is 6.39. The number of thiophene rings is 1. The van der Waals surface area contributed by atoms with Gasteiger partial charge in [0.15, 0.2) is 5.78 Å². The summed E-state index contributed by atoms with van der Waals surface area (Å²) in [5.41, 5.74) is 3.12. The van der Waals surface area contributed by atoms with Crippen molar-refractivity contribution in [2.75, 3.05) is 11.9 Å². The van der Waals surface area contributed by atoms with Gasteiger partial charge in [0.2, 0.25) is 5.95 Å². The minimum Gasteiger partial charge on any atom is -0.380 e. The van der Waals surface area contributed by atoms with E-state index in [4.69, 9.17) is 11.6 Å². The molecule has 5 rings (SSSR count). The van der Waals surface area contributed by atoms with E-state index in [9.17, 15) is 19.2 Å². The molecule has 1 aliphatic heterocycles. The highest BCUT2D eigenvalue weighted by molar-refractivity contribution is 7.12. The van der Waals surface area contributed by atoms with Gasteiger partial charge in [0, 0.05) is 40.1 Å². The molecule has 4 heterocycles. The first kappa shape index (κ1) is 26.3. The van der Waals surface area contributed by atoms with Crippen LogP contribution in [0, 0.1) is 36.0 Å². The Morgan fingerprint density at radius 1 is 1.36 bits per heavy atom. The number of nitrogens with zero attached hydrogens (tertiary/aromatic N) is 4. The lowest BCUT2D eigenvalue weighted by Gasteiger charge is -2.18. The molecule has 0 atom stereocenters. The van der Waals surface area contributed by atoms with E-state index in [2.05, 4.69) is 27.1 Å². The molecule has 0 saturated carbocycles. The molecule has 194 valence electrons. The van der Waals surface area contributed by atoms with Crippen LogP contribution in [0.25, 0.3) is 16.5 Å². The van der Waals surface area contributed by atoms with E-state index in [1.54, 1.807) is 19.1 Å². The molecule has 0 aliphatic carbocycles. The van der Waals surface area contributed by atoms with Crippen molar-refractivity contribution in [3.63, 3.8) is 0 Å². The SMILES string of the molecule is CCCC(=O)c1csc2c1NCC=C2c1cc(Cl)ccc1C#CCn1c(C)nc2cnc(F)c(C#N)c2c1=O. The lowest BCUT2D eigenvalue weighted by atomic mass is 9.94. The minimum atomic E-state index is -1.01.